The number of hydrogen-bond donors (Lipinski definition) is 0. The van der Waals surface area contributed by atoms with Crippen molar-refractivity contribution >= 4 is 22.8 Å². The van der Waals surface area contributed by atoms with Crippen molar-refractivity contribution in [3.8, 4) is 11.8 Å². The van der Waals surface area contributed by atoms with Gasteiger partial charge in [0.05, 0.1) is 11.7 Å². The van der Waals surface area contributed by atoms with Crippen molar-refractivity contribution in [3.05, 3.63) is 58.7 Å². The zero-order valence-corrected chi connectivity index (χ0v) is 17.7. The van der Waals surface area contributed by atoms with E-state index in [-0.39, 0.29) is 0 Å². The Kier molecular flexibility index (Phi) is 6.07. The lowest BCUT2D eigenvalue weighted by atomic mass is 9.76. The Morgan fingerprint density at radius 2 is 1.79 bits per heavy atom. The average Bonchev–Trinajstić information content (AvgIpc) is 3.19. The van der Waals surface area contributed by atoms with E-state index in [2.05, 4.69) is 52.6 Å². The van der Waals surface area contributed by atoms with Crippen LogP contribution in [0.25, 0.3) is 11.0 Å². The summed E-state index contributed by atoms with van der Waals surface area (Å²) in [7, 11) is 0. The normalized spacial score (nSPS) is 19.4. The number of benzene rings is 2. The topological polar surface area (TPSA) is 25.8 Å². The van der Waals surface area contributed by atoms with Gasteiger partial charge in [-0.3, -0.25) is 0 Å². The van der Waals surface area contributed by atoms with Gasteiger partial charge in [-0.05, 0) is 79.8 Å². The first-order valence-electron chi connectivity index (χ1n) is 10.6. The lowest BCUT2D eigenvalue weighted by molar-refractivity contribution is 0.304. The fraction of sp³-hybridized carbons (Fsp3) is 0.440. The van der Waals surface area contributed by atoms with E-state index in [0.717, 1.165) is 34.0 Å². The van der Waals surface area contributed by atoms with E-state index < -0.39 is 0 Å². The molecule has 28 heavy (non-hydrogen) atoms. The molecule has 1 aliphatic rings. The van der Waals surface area contributed by atoms with Crippen LogP contribution in [0.1, 0.15) is 80.0 Å². The number of aromatic nitrogens is 2. The smallest absolute Gasteiger partial charge is 0.106 e. The standard InChI is InChI=1S/C25H28N2S/c1-3-4-5-19-6-11-22(12-7-19)23-14-13-21(18(2)16-23)10-8-20-9-15-24-25(17-20)27-28-26-24/h9,13-17,19,22H,3-7,11-12H2,1-2H3. The highest BCUT2D eigenvalue weighted by Gasteiger charge is 2.22. The van der Waals surface area contributed by atoms with Gasteiger partial charge in [-0.1, -0.05) is 50.2 Å². The number of nitrogens with zero attached hydrogens (tertiary/aromatic N) is 2. The average molecular weight is 389 g/mol. The molecule has 3 aromatic rings. The Morgan fingerprint density at radius 1 is 0.964 bits per heavy atom. The molecule has 2 nitrogen and oxygen atoms in total. The van der Waals surface area contributed by atoms with E-state index in [1.807, 2.05) is 18.2 Å². The van der Waals surface area contributed by atoms with Gasteiger partial charge in [-0.2, -0.15) is 8.75 Å². The monoisotopic (exact) mass is 388 g/mol. The predicted molar refractivity (Wildman–Crippen MR) is 119 cm³/mol. The Balaban J connectivity index is 1.44. The predicted octanol–water partition coefficient (Wildman–Crippen LogP) is 6.86. The third-order valence-corrected chi connectivity index (χ3v) is 6.69. The van der Waals surface area contributed by atoms with Crippen LogP contribution in [0.2, 0.25) is 0 Å². The van der Waals surface area contributed by atoms with Gasteiger partial charge in [0, 0.05) is 11.1 Å². The fourth-order valence-electron chi connectivity index (χ4n) is 4.36. The lowest BCUT2D eigenvalue weighted by Crippen LogP contribution is -2.13. The van der Waals surface area contributed by atoms with Gasteiger partial charge in [-0.15, -0.1) is 0 Å². The van der Waals surface area contributed by atoms with Gasteiger partial charge in [0.15, 0.2) is 0 Å². The molecule has 0 bridgehead atoms. The number of fused-ring (bicyclic) bond motifs is 1. The van der Waals surface area contributed by atoms with Crippen LogP contribution in [0.15, 0.2) is 36.4 Å². The van der Waals surface area contributed by atoms with Crippen LogP contribution in [-0.4, -0.2) is 8.75 Å². The molecule has 0 unspecified atom stereocenters. The van der Waals surface area contributed by atoms with Crippen molar-refractivity contribution in [3.63, 3.8) is 0 Å². The molecular formula is C25H28N2S. The van der Waals surface area contributed by atoms with E-state index in [4.69, 9.17) is 0 Å². The van der Waals surface area contributed by atoms with Crippen molar-refractivity contribution in [2.24, 2.45) is 5.92 Å². The number of aryl methyl sites for hydroxylation is 1. The zero-order valence-electron chi connectivity index (χ0n) is 16.9. The maximum atomic E-state index is 4.30. The second kappa shape index (κ2) is 8.88. The van der Waals surface area contributed by atoms with Gasteiger partial charge >= 0.3 is 0 Å². The van der Waals surface area contributed by atoms with Crippen LogP contribution in [0.3, 0.4) is 0 Å². The molecule has 1 aromatic heterocycles. The summed E-state index contributed by atoms with van der Waals surface area (Å²) in [4.78, 5) is 0. The number of rotatable bonds is 4. The molecule has 0 N–H and O–H groups in total. The molecule has 3 heteroatoms. The molecule has 1 aliphatic carbocycles. The van der Waals surface area contributed by atoms with Crippen LogP contribution < -0.4 is 0 Å². The number of unbranched alkanes of at least 4 members (excludes halogenated alkanes) is 1. The summed E-state index contributed by atoms with van der Waals surface area (Å²) in [5.41, 5.74) is 6.78. The maximum absolute atomic E-state index is 4.30. The van der Waals surface area contributed by atoms with Crippen molar-refractivity contribution in [1.29, 1.82) is 0 Å². The van der Waals surface area contributed by atoms with Gasteiger partial charge in [0.1, 0.15) is 11.0 Å². The van der Waals surface area contributed by atoms with Crippen LogP contribution in [0.5, 0.6) is 0 Å². The first-order chi connectivity index (χ1) is 13.7. The summed E-state index contributed by atoms with van der Waals surface area (Å²) in [6, 6.07) is 12.9. The third-order valence-electron chi connectivity index (χ3n) is 6.13. The SMILES string of the molecule is CCCCC1CCC(c2ccc(C#Cc3ccc4nsnc4c3)c(C)c2)CC1. The minimum absolute atomic E-state index is 0.734. The van der Waals surface area contributed by atoms with E-state index in [1.54, 1.807) is 0 Å². The highest BCUT2D eigenvalue weighted by atomic mass is 32.1. The summed E-state index contributed by atoms with van der Waals surface area (Å²) in [5, 5.41) is 0. The second-order valence-electron chi connectivity index (χ2n) is 8.15. The summed E-state index contributed by atoms with van der Waals surface area (Å²) in [5.74, 6) is 8.35. The summed E-state index contributed by atoms with van der Waals surface area (Å²) >= 11 is 1.25. The Morgan fingerprint density at radius 3 is 2.57 bits per heavy atom. The minimum atomic E-state index is 0.734. The first-order valence-corrected chi connectivity index (χ1v) is 11.3. The Labute approximate surface area is 172 Å². The van der Waals surface area contributed by atoms with Crippen LogP contribution in [-0.2, 0) is 0 Å². The molecule has 1 saturated carbocycles. The molecule has 1 fully saturated rings. The highest BCUT2D eigenvalue weighted by molar-refractivity contribution is 7.00. The molecule has 144 valence electrons. The van der Waals surface area contributed by atoms with Crippen LogP contribution >= 0.6 is 11.7 Å². The summed E-state index contributed by atoms with van der Waals surface area (Å²) in [6.07, 6.45) is 9.66. The van der Waals surface area contributed by atoms with Crippen molar-refractivity contribution < 1.29 is 0 Å². The molecule has 1 heterocycles. The largest absolute Gasteiger partial charge is 0.173 e. The molecule has 2 aromatic carbocycles. The van der Waals surface area contributed by atoms with E-state index in [1.165, 1.54) is 67.8 Å². The van der Waals surface area contributed by atoms with Crippen molar-refractivity contribution in [1.82, 2.24) is 8.75 Å². The second-order valence-corrected chi connectivity index (χ2v) is 8.68. The first kappa shape index (κ1) is 19.2. The molecular weight excluding hydrogens is 360 g/mol. The number of hydrogen-bond acceptors (Lipinski definition) is 3. The zero-order chi connectivity index (χ0) is 19.3. The van der Waals surface area contributed by atoms with Gasteiger partial charge in [-0.25, -0.2) is 0 Å². The molecule has 0 amide bonds. The van der Waals surface area contributed by atoms with E-state index in [0.29, 0.717) is 0 Å². The van der Waals surface area contributed by atoms with Gasteiger partial charge in [0.2, 0.25) is 0 Å². The molecule has 4 rings (SSSR count). The van der Waals surface area contributed by atoms with E-state index in [9.17, 15) is 0 Å². The van der Waals surface area contributed by atoms with Crippen LogP contribution in [0, 0.1) is 24.7 Å². The quantitative estimate of drug-likeness (QED) is 0.456. The summed E-state index contributed by atoms with van der Waals surface area (Å²) in [6.45, 7) is 4.49. The fourth-order valence-corrected chi connectivity index (χ4v) is 4.88. The van der Waals surface area contributed by atoms with Gasteiger partial charge < -0.3 is 0 Å². The molecule has 0 aliphatic heterocycles. The van der Waals surface area contributed by atoms with Crippen molar-refractivity contribution in [2.45, 2.75) is 64.7 Å². The minimum Gasteiger partial charge on any atom is -0.173 e. The lowest BCUT2D eigenvalue weighted by Gasteiger charge is -2.29. The maximum Gasteiger partial charge on any atom is 0.106 e. The van der Waals surface area contributed by atoms with Crippen molar-refractivity contribution in [2.75, 3.05) is 0 Å². The molecule has 0 saturated heterocycles. The molecule has 0 radical (unpaired) electrons. The van der Waals surface area contributed by atoms with E-state index >= 15 is 0 Å². The van der Waals surface area contributed by atoms with Crippen LogP contribution in [0.4, 0.5) is 0 Å². The Hall–Kier alpha value is -2.18. The summed E-state index contributed by atoms with van der Waals surface area (Å²) < 4.78 is 8.55. The molecule has 0 atom stereocenters. The van der Waals surface area contributed by atoms with Gasteiger partial charge in [0.25, 0.3) is 0 Å². The third kappa shape index (κ3) is 4.45. The Bertz CT molecular complexity index is 1000. The highest BCUT2D eigenvalue weighted by Crippen LogP contribution is 2.38. The molecule has 0 spiro atoms.